The molecule has 0 radical (unpaired) electrons. The van der Waals surface area contributed by atoms with E-state index in [4.69, 9.17) is 21.1 Å². The van der Waals surface area contributed by atoms with E-state index in [1.54, 1.807) is 12.1 Å². The lowest BCUT2D eigenvalue weighted by Gasteiger charge is -2.11. The van der Waals surface area contributed by atoms with Crippen molar-refractivity contribution >= 4 is 23.2 Å². The van der Waals surface area contributed by atoms with Gasteiger partial charge in [-0.2, -0.15) is 23.0 Å². The summed E-state index contributed by atoms with van der Waals surface area (Å²) in [5, 5.41) is 15.9. The van der Waals surface area contributed by atoms with Crippen molar-refractivity contribution in [3.05, 3.63) is 59.2 Å². The summed E-state index contributed by atoms with van der Waals surface area (Å²) in [6.07, 6.45) is -4.71. The number of nitrogens with zero attached hydrogens (tertiary/aromatic N) is 2. The van der Waals surface area contributed by atoms with Crippen LogP contribution in [0.3, 0.4) is 0 Å². The van der Waals surface area contributed by atoms with Crippen LogP contribution in [0.4, 0.5) is 18.9 Å². The zero-order valence-corrected chi connectivity index (χ0v) is 16.2. The Labute approximate surface area is 173 Å². The summed E-state index contributed by atoms with van der Waals surface area (Å²) in [5.41, 5.74) is -0.791. The first-order chi connectivity index (χ1) is 14.2. The smallest absolute Gasteiger partial charge is 0.435 e. The first kappa shape index (κ1) is 21.3. The van der Waals surface area contributed by atoms with Crippen LogP contribution in [0.15, 0.2) is 48.5 Å². The van der Waals surface area contributed by atoms with E-state index in [0.29, 0.717) is 6.07 Å². The normalized spacial score (nSPS) is 11.2. The lowest BCUT2D eigenvalue weighted by molar-refractivity contribution is -0.141. The van der Waals surface area contributed by atoms with Crippen LogP contribution in [-0.2, 0) is 11.0 Å². The molecule has 7 nitrogen and oxygen atoms in total. The highest BCUT2D eigenvalue weighted by Gasteiger charge is 2.36. The van der Waals surface area contributed by atoms with Crippen molar-refractivity contribution in [1.29, 1.82) is 0 Å². The van der Waals surface area contributed by atoms with Crippen molar-refractivity contribution in [3.8, 4) is 23.1 Å². The number of hydrogen-bond acceptors (Lipinski definition) is 5. The summed E-state index contributed by atoms with van der Waals surface area (Å²) < 4.78 is 50.4. The molecule has 0 bridgehead atoms. The van der Waals surface area contributed by atoms with Gasteiger partial charge in [0.15, 0.2) is 23.8 Å². The highest BCUT2D eigenvalue weighted by Crippen LogP contribution is 2.33. The van der Waals surface area contributed by atoms with Gasteiger partial charge in [-0.15, -0.1) is 0 Å². The molecule has 0 aliphatic rings. The molecule has 0 unspecified atom stereocenters. The second-order valence-electron chi connectivity index (χ2n) is 5.95. The van der Waals surface area contributed by atoms with Crippen molar-refractivity contribution < 1.29 is 32.5 Å². The van der Waals surface area contributed by atoms with E-state index in [1.165, 1.54) is 37.4 Å². The second kappa shape index (κ2) is 8.54. The van der Waals surface area contributed by atoms with Gasteiger partial charge in [-0.25, -0.2) is 0 Å². The van der Waals surface area contributed by atoms with Gasteiger partial charge in [-0.1, -0.05) is 23.7 Å². The Morgan fingerprint density at radius 1 is 1.23 bits per heavy atom. The molecular weight excluding hydrogens is 427 g/mol. The van der Waals surface area contributed by atoms with Gasteiger partial charge < -0.3 is 19.9 Å². The van der Waals surface area contributed by atoms with Gasteiger partial charge in [-0.3, -0.25) is 4.79 Å². The molecule has 3 rings (SSSR count). The SMILES string of the molecule is COc1ccc(NC(=O)COc2cc(C(F)(F)F)nn2-c2ccccc2Cl)cc1O. The fourth-order valence-corrected chi connectivity index (χ4v) is 2.72. The van der Waals surface area contributed by atoms with Crippen molar-refractivity contribution in [3.63, 3.8) is 0 Å². The van der Waals surface area contributed by atoms with Crippen LogP contribution in [-0.4, -0.2) is 34.5 Å². The Morgan fingerprint density at radius 3 is 2.60 bits per heavy atom. The molecule has 0 atom stereocenters. The van der Waals surface area contributed by atoms with Crippen LogP contribution in [0.1, 0.15) is 5.69 Å². The predicted molar refractivity (Wildman–Crippen MR) is 102 cm³/mol. The van der Waals surface area contributed by atoms with Crippen LogP contribution in [0.25, 0.3) is 5.69 Å². The Kier molecular flexibility index (Phi) is 6.06. The molecule has 1 amide bonds. The number of hydrogen-bond donors (Lipinski definition) is 2. The number of carbonyl (C=O) groups is 1. The number of carbonyl (C=O) groups excluding carboxylic acids is 1. The number of ether oxygens (including phenoxy) is 2. The lowest BCUT2D eigenvalue weighted by Crippen LogP contribution is -2.21. The Bertz CT molecular complexity index is 1070. The van der Waals surface area contributed by atoms with E-state index < -0.39 is 24.4 Å². The molecule has 11 heteroatoms. The number of benzene rings is 2. The van der Waals surface area contributed by atoms with Crippen LogP contribution in [0.2, 0.25) is 5.02 Å². The van der Waals surface area contributed by atoms with E-state index in [1.807, 2.05) is 0 Å². The van der Waals surface area contributed by atoms with Gasteiger partial charge in [0.2, 0.25) is 5.88 Å². The maximum atomic E-state index is 13.1. The van der Waals surface area contributed by atoms with Crippen LogP contribution in [0, 0.1) is 0 Å². The van der Waals surface area contributed by atoms with E-state index >= 15 is 0 Å². The molecular formula is C19H15ClF3N3O4. The van der Waals surface area contributed by atoms with Crippen LogP contribution < -0.4 is 14.8 Å². The van der Waals surface area contributed by atoms with Gasteiger partial charge in [0.05, 0.1) is 17.8 Å². The molecule has 0 saturated heterocycles. The fraction of sp³-hybridized carbons (Fsp3) is 0.158. The molecule has 3 aromatic rings. The number of aromatic nitrogens is 2. The summed E-state index contributed by atoms with van der Waals surface area (Å²) >= 11 is 6.05. The van der Waals surface area contributed by atoms with Crippen molar-refractivity contribution in [2.45, 2.75) is 6.18 Å². The summed E-state index contributed by atoms with van der Waals surface area (Å²) in [6.45, 7) is -0.611. The Hall–Kier alpha value is -3.40. The van der Waals surface area contributed by atoms with E-state index in [9.17, 15) is 23.1 Å². The van der Waals surface area contributed by atoms with E-state index in [2.05, 4.69) is 10.4 Å². The quantitative estimate of drug-likeness (QED) is 0.596. The Morgan fingerprint density at radius 2 is 1.97 bits per heavy atom. The highest BCUT2D eigenvalue weighted by molar-refractivity contribution is 6.32. The summed E-state index contributed by atoms with van der Waals surface area (Å²) in [6, 6.07) is 11.0. The first-order valence-corrected chi connectivity index (χ1v) is 8.78. The van der Waals surface area contributed by atoms with Gasteiger partial charge in [0, 0.05) is 17.8 Å². The van der Waals surface area contributed by atoms with Crippen LogP contribution >= 0.6 is 11.6 Å². The minimum Gasteiger partial charge on any atom is -0.504 e. The summed E-state index contributed by atoms with van der Waals surface area (Å²) in [5.74, 6) is -0.960. The van der Waals surface area contributed by atoms with E-state index in [0.717, 1.165) is 4.68 Å². The number of nitrogens with one attached hydrogen (secondary N) is 1. The molecule has 2 N–H and O–H groups in total. The third kappa shape index (κ3) is 4.77. The molecule has 0 spiro atoms. The summed E-state index contributed by atoms with van der Waals surface area (Å²) in [4.78, 5) is 12.1. The number of anilines is 1. The number of halogens is 4. The monoisotopic (exact) mass is 441 g/mol. The van der Waals surface area contributed by atoms with Gasteiger partial charge >= 0.3 is 6.18 Å². The largest absolute Gasteiger partial charge is 0.504 e. The molecule has 2 aromatic carbocycles. The number of para-hydroxylation sites is 1. The lowest BCUT2D eigenvalue weighted by atomic mass is 10.2. The number of phenols is 1. The third-order valence-electron chi connectivity index (χ3n) is 3.86. The predicted octanol–water partition coefficient (Wildman–Crippen LogP) is 4.28. The second-order valence-corrected chi connectivity index (χ2v) is 6.36. The number of rotatable bonds is 6. The zero-order valence-electron chi connectivity index (χ0n) is 15.4. The van der Waals surface area contributed by atoms with Gasteiger partial charge in [0.1, 0.15) is 0 Å². The van der Waals surface area contributed by atoms with Crippen LogP contribution in [0.5, 0.6) is 17.4 Å². The molecule has 1 aromatic heterocycles. The van der Waals surface area contributed by atoms with Crippen molar-refractivity contribution in [2.75, 3.05) is 19.0 Å². The van der Waals surface area contributed by atoms with Gasteiger partial charge in [0.25, 0.3) is 5.91 Å². The Balaban J connectivity index is 1.79. The van der Waals surface area contributed by atoms with Crippen molar-refractivity contribution in [1.82, 2.24) is 9.78 Å². The topological polar surface area (TPSA) is 85.6 Å². The molecule has 1 heterocycles. The average Bonchev–Trinajstić information content (AvgIpc) is 3.11. The van der Waals surface area contributed by atoms with E-state index in [-0.39, 0.29) is 33.8 Å². The molecule has 30 heavy (non-hydrogen) atoms. The average molecular weight is 442 g/mol. The number of amides is 1. The van der Waals surface area contributed by atoms with Gasteiger partial charge in [-0.05, 0) is 24.3 Å². The molecule has 0 saturated carbocycles. The number of aromatic hydroxyl groups is 1. The highest BCUT2D eigenvalue weighted by atomic mass is 35.5. The minimum absolute atomic E-state index is 0.150. The standard InChI is InChI=1S/C19H15ClF3N3O4/c1-29-15-7-6-11(8-14(15)27)24-17(28)10-30-18-9-16(19(21,22)23)25-26(18)13-5-3-2-4-12(13)20/h2-9,27H,10H2,1H3,(H,24,28). The number of phenolic OH excluding ortho intramolecular Hbond substituents is 1. The van der Waals surface area contributed by atoms with Crippen molar-refractivity contribution in [2.24, 2.45) is 0 Å². The molecule has 0 aliphatic heterocycles. The maximum absolute atomic E-state index is 13.1. The minimum atomic E-state index is -4.71. The molecule has 0 aliphatic carbocycles. The first-order valence-electron chi connectivity index (χ1n) is 8.41. The fourth-order valence-electron chi connectivity index (χ4n) is 2.51. The zero-order chi connectivity index (χ0) is 21.9. The third-order valence-corrected chi connectivity index (χ3v) is 4.18. The summed E-state index contributed by atoms with van der Waals surface area (Å²) in [7, 11) is 1.37. The maximum Gasteiger partial charge on any atom is 0.435 e. The molecule has 0 fully saturated rings. The number of alkyl halides is 3. The number of methoxy groups -OCH3 is 1. The molecule has 158 valence electrons.